The molecule has 1 aromatic carbocycles. The third-order valence-electron chi connectivity index (χ3n) is 2.76. The largest absolute Gasteiger partial charge is 0.492 e. The van der Waals surface area contributed by atoms with Crippen LogP contribution in [-0.4, -0.2) is 51.9 Å². The van der Waals surface area contributed by atoms with Crippen molar-refractivity contribution in [1.29, 1.82) is 0 Å². The van der Waals surface area contributed by atoms with Crippen molar-refractivity contribution < 1.29 is 17.9 Å². The zero-order valence-corrected chi connectivity index (χ0v) is 13.0. The highest BCUT2D eigenvalue weighted by molar-refractivity contribution is 7.89. The standard InChI is InChI=1S/C14H22N2O4S/c1-3-8-16(9-10-19-2)21(17,18)12-11-20-14-6-4-13(15)5-7-14/h3-7H,1,8-12,15H2,2H3. The molecule has 0 amide bonds. The summed E-state index contributed by atoms with van der Waals surface area (Å²) in [5.74, 6) is 0.487. The highest BCUT2D eigenvalue weighted by atomic mass is 32.2. The maximum absolute atomic E-state index is 12.2. The van der Waals surface area contributed by atoms with E-state index in [1.807, 2.05) is 0 Å². The second-order valence-corrected chi connectivity index (χ2v) is 6.46. The molecule has 2 N–H and O–H groups in total. The van der Waals surface area contributed by atoms with Gasteiger partial charge in [0.2, 0.25) is 10.0 Å². The van der Waals surface area contributed by atoms with Crippen LogP contribution in [0.3, 0.4) is 0 Å². The van der Waals surface area contributed by atoms with Crippen LogP contribution in [0.15, 0.2) is 36.9 Å². The first-order valence-electron chi connectivity index (χ1n) is 6.55. The van der Waals surface area contributed by atoms with E-state index in [9.17, 15) is 8.42 Å². The van der Waals surface area contributed by atoms with Gasteiger partial charge in [0.25, 0.3) is 0 Å². The Labute approximate surface area is 126 Å². The normalized spacial score (nSPS) is 11.5. The number of anilines is 1. The van der Waals surface area contributed by atoms with Gasteiger partial charge in [-0.25, -0.2) is 8.42 Å². The minimum absolute atomic E-state index is 0.0763. The summed E-state index contributed by atoms with van der Waals surface area (Å²) in [4.78, 5) is 0. The van der Waals surface area contributed by atoms with E-state index in [-0.39, 0.29) is 18.9 Å². The Morgan fingerprint density at radius 1 is 1.29 bits per heavy atom. The van der Waals surface area contributed by atoms with Gasteiger partial charge in [0.05, 0.1) is 12.4 Å². The number of rotatable bonds is 10. The fourth-order valence-corrected chi connectivity index (χ4v) is 2.88. The molecule has 6 nitrogen and oxygen atoms in total. The Bertz CT molecular complexity index is 528. The van der Waals surface area contributed by atoms with Crippen molar-refractivity contribution in [2.24, 2.45) is 0 Å². The van der Waals surface area contributed by atoms with Crippen molar-refractivity contribution >= 4 is 15.7 Å². The Balaban J connectivity index is 2.53. The van der Waals surface area contributed by atoms with Crippen molar-refractivity contribution in [3.8, 4) is 5.75 Å². The Morgan fingerprint density at radius 3 is 2.52 bits per heavy atom. The smallest absolute Gasteiger partial charge is 0.217 e. The number of nitrogen functional groups attached to an aromatic ring is 1. The van der Waals surface area contributed by atoms with Crippen molar-refractivity contribution in [3.05, 3.63) is 36.9 Å². The average molecular weight is 314 g/mol. The van der Waals surface area contributed by atoms with E-state index in [0.717, 1.165) is 0 Å². The molecule has 0 fully saturated rings. The fraction of sp³-hybridized carbons (Fsp3) is 0.429. The van der Waals surface area contributed by atoms with E-state index in [1.54, 1.807) is 30.3 Å². The minimum atomic E-state index is -3.40. The SMILES string of the molecule is C=CCN(CCOC)S(=O)(=O)CCOc1ccc(N)cc1. The molecule has 0 aliphatic rings. The van der Waals surface area contributed by atoms with Gasteiger partial charge in [-0.3, -0.25) is 0 Å². The molecule has 0 bridgehead atoms. The molecule has 0 saturated carbocycles. The monoisotopic (exact) mass is 314 g/mol. The van der Waals surface area contributed by atoms with Gasteiger partial charge < -0.3 is 15.2 Å². The zero-order valence-electron chi connectivity index (χ0n) is 12.2. The van der Waals surface area contributed by atoms with E-state index >= 15 is 0 Å². The molecule has 7 heteroatoms. The van der Waals surface area contributed by atoms with Gasteiger partial charge in [-0.1, -0.05) is 6.08 Å². The lowest BCUT2D eigenvalue weighted by molar-refractivity contribution is 0.181. The summed E-state index contributed by atoms with van der Waals surface area (Å²) < 4.78 is 36.0. The van der Waals surface area contributed by atoms with E-state index in [4.69, 9.17) is 15.2 Å². The summed E-state index contributed by atoms with van der Waals surface area (Å²) in [5.41, 5.74) is 6.20. The maximum Gasteiger partial charge on any atom is 0.217 e. The van der Waals surface area contributed by atoms with Crippen molar-refractivity contribution in [1.82, 2.24) is 4.31 Å². The lowest BCUT2D eigenvalue weighted by Gasteiger charge is -2.20. The molecule has 0 aliphatic carbocycles. The molecule has 1 rings (SSSR count). The predicted molar refractivity (Wildman–Crippen MR) is 83.8 cm³/mol. The minimum Gasteiger partial charge on any atom is -0.492 e. The van der Waals surface area contributed by atoms with Crippen LogP contribution in [0.4, 0.5) is 5.69 Å². The van der Waals surface area contributed by atoms with Crippen molar-refractivity contribution in [2.45, 2.75) is 0 Å². The highest BCUT2D eigenvalue weighted by Crippen LogP contribution is 2.13. The molecular formula is C14H22N2O4S. The maximum atomic E-state index is 12.2. The molecule has 0 unspecified atom stereocenters. The lowest BCUT2D eigenvalue weighted by Crippen LogP contribution is -2.37. The average Bonchev–Trinajstić information content (AvgIpc) is 2.45. The number of benzene rings is 1. The van der Waals surface area contributed by atoms with E-state index in [2.05, 4.69) is 6.58 Å². The molecule has 118 valence electrons. The predicted octanol–water partition coefficient (Wildman–Crippen LogP) is 1.11. The summed E-state index contributed by atoms with van der Waals surface area (Å²) in [5, 5.41) is 0. The third-order valence-corrected chi connectivity index (χ3v) is 4.56. The first-order chi connectivity index (χ1) is 9.99. The summed E-state index contributed by atoms with van der Waals surface area (Å²) >= 11 is 0. The van der Waals surface area contributed by atoms with Crippen LogP contribution < -0.4 is 10.5 Å². The molecule has 0 saturated heterocycles. The van der Waals surface area contributed by atoms with E-state index in [0.29, 0.717) is 24.6 Å². The van der Waals surface area contributed by atoms with E-state index < -0.39 is 10.0 Å². The van der Waals surface area contributed by atoms with Crippen LogP contribution in [0.5, 0.6) is 5.75 Å². The Kier molecular flexibility index (Phi) is 7.21. The second-order valence-electron chi connectivity index (χ2n) is 4.37. The topological polar surface area (TPSA) is 81.9 Å². The summed E-state index contributed by atoms with van der Waals surface area (Å²) in [6.07, 6.45) is 1.55. The second kappa shape index (κ2) is 8.66. The van der Waals surface area contributed by atoms with Crippen LogP contribution in [0.2, 0.25) is 0 Å². The van der Waals surface area contributed by atoms with Gasteiger partial charge in [0.15, 0.2) is 0 Å². The number of hydrogen-bond acceptors (Lipinski definition) is 5. The quantitative estimate of drug-likeness (QED) is 0.517. The van der Waals surface area contributed by atoms with Gasteiger partial charge in [-0.15, -0.1) is 6.58 Å². The number of nitrogens with two attached hydrogens (primary N) is 1. The molecule has 21 heavy (non-hydrogen) atoms. The van der Waals surface area contributed by atoms with Gasteiger partial charge >= 0.3 is 0 Å². The molecule has 0 atom stereocenters. The molecule has 0 aliphatic heterocycles. The number of nitrogens with zero attached hydrogens (tertiary/aromatic N) is 1. The molecule has 0 spiro atoms. The summed E-state index contributed by atoms with van der Waals surface area (Å²) in [6, 6.07) is 6.81. The fourth-order valence-electron chi connectivity index (χ4n) is 1.64. The van der Waals surface area contributed by atoms with Crippen LogP contribution in [0.1, 0.15) is 0 Å². The van der Waals surface area contributed by atoms with Gasteiger partial charge in [-0.2, -0.15) is 4.31 Å². The van der Waals surface area contributed by atoms with E-state index in [1.165, 1.54) is 11.4 Å². The summed E-state index contributed by atoms with van der Waals surface area (Å²) in [7, 11) is -1.87. The Hall–Kier alpha value is -1.57. The lowest BCUT2D eigenvalue weighted by atomic mass is 10.3. The molecule has 1 aromatic rings. The first kappa shape index (κ1) is 17.5. The van der Waals surface area contributed by atoms with Crippen LogP contribution >= 0.6 is 0 Å². The zero-order chi connectivity index (χ0) is 15.7. The first-order valence-corrected chi connectivity index (χ1v) is 8.16. The number of hydrogen-bond donors (Lipinski definition) is 1. The van der Waals surface area contributed by atoms with Gasteiger partial charge in [0, 0.05) is 25.9 Å². The van der Waals surface area contributed by atoms with Crippen LogP contribution in [0, 0.1) is 0 Å². The third kappa shape index (κ3) is 6.16. The number of methoxy groups -OCH3 is 1. The van der Waals surface area contributed by atoms with Crippen LogP contribution in [0.25, 0.3) is 0 Å². The van der Waals surface area contributed by atoms with Crippen molar-refractivity contribution in [2.75, 3.05) is 44.9 Å². The molecule has 0 aromatic heterocycles. The van der Waals surface area contributed by atoms with Gasteiger partial charge in [0.1, 0.15) is 12.4 Å². The van der Waals surface area contributed by atoms with Crippen LogP contribution in [-0.2, 0) is 14.8 Å². The molecule has 0 heterocycles. The number of sulfonamides is 1. The number of ether oxygens (including phenoxy) is 2. The highest BCUT2D eigenvalue weighted by Gasteiger charge is 2.20. The van der Waals surface area contributed by atoms with Crippen molar-refractivity contribution in [3.63, 3.8) is 0 Å². The molecule has 0 radical (unpaired) electrons. The molecular weight excluding hydrogens is 292 g/mol. The van der Waals surface area contributed by atoms with Gasteiger partial charge in [-0.05, 0) is 24.3 Å². The summed E-state index contributed by atoms with van der Waals surface area (Å²) in [6.45, 7) is 4.54. The Morgan fingerprint density at radius 2 is 1.95 bits per heavy atom.